The van der Waals surface area contributed by atoms with Crippen LogP contribution >= 0.6 is 0 Å². The van der Waals surface area contributed by atoms with Gasteiger partial charge in [-0.3, -0.25) is 4.79 Å². The second kappa shape index (κ2) is 8.33. The molecule has 2 aromatic rings. The Morgan fingerprint density at radius 2 is 1.84 bits per heavy atom. The number of benzene rings is 2. The Morgan fingerprint density at radius 3 is 2.60 bits per heavy atom. The van der Waals surface area contributed by atoms with Gasteiger partial charge in [0.2, 0.25) is 5.91 Å². The Labute approximate surface area is 148 Å². The molecule has 0 bridgehead atoms. The fraction of sp³-hybridized carbons (Fsp3) is 0.300. The third-order valence-corrected chi connectivity index (χ3v) is 4.29. The lowest BCUT2D eigenvalue weighted by Gasteiger charge is -2.15. The molecule has 1 fully saturated rings. The Balaban J connectivity index is 1.46. The summed E-state index contributed by atoms with van der Waals surface area (Å²) in [5.41, 5.74) is 2.93. The monoisotopic (exact) mass is 337 g/mol. The molecule has 1 aliphatic rings. The second-order valence-electron chi connectivity index (χ2n) is 6.17. The maximum atomic E-state index is 12.0. The van der Waals surface area contributed by atoms with Crippen LogP contribution in [0.15, 0.2) is 54.6 Å². The maximum absolute atomic E-state index is 12.0. The highest BCUT2D eigenvalue weighted by Crippen LogP contribution is 2.22. The van der Waals surface area contributed by atoms with Gasteiger partial charge in [0.25, 0.3) is 0 Å². The van der Waals surface area contributed by atoms with Crippen LogP contribution in [0, 0.1) is 0 Å². The van der Waals surface area contributed by atoms with Gasteiger partial charge in [-0.05, 0) is 36.1 Å². The number of hydrogen-bond acceptors (Lipinski definition) is 2. The van der Waals surface area contributed by atoms with Crippen LogP contribution in [0.4, 0.5) is 10.5 Å². The highest BCUT2D eigenvalue weighted by atomic mass is 16.2. The summed E-state index contributed by atoms with van der Waals surface area (Å²) in [4.78, 5) is 25.4. The quantitative estimate of drug-likeness (QED) is 0.793. The van der Waals surface area contributed by atoms with Gasteiger partial charge in [-0.15, -0.1) is 0 Å². The molecule has 25 heavy (non-hydrogen) atoms. The minimum absolute atomic E-state index is 0.224. The molecule has 1 heterocycles. The van der Waals surface area contributed by atoms with Crippen LogP contribution < -0.4 is 10.6 Å². The number of carbonyl (C=O) groups is 2. The molecule has 1 aliphatic heterocycles. The summed E-state index contributed by atoms with van der Waals surface area (Å²) in [6.07, 6.45) is 2.37. The summed E-state index contributed by atoms with van der Waals surface area (Å²) in [6.45, 7) is 2.11. The predicted octanol–water partition coefficient (Wildman–Crippen LogP) is 3.49. The second-order valence-corrected chi connectivity index (χ2v) is 6.17. The fourth-order valence-corrected chi connectivity index (χ4v) is 2.99. The van der Waals surface area contributed by atoms with Crippen molar-refractivity contribution < 1.29 is 9.59 Å². The molecule has 0 unspecified atom stereocenters. The summed E-state index contributed by atoms with van der Waals surface area (Å²) in [5, 5.41) is 5.70. The molecule has 3 amide bonds. The van der Waals surface area contributed by atoms with Gasteiger partial charge in [0, 0.05) is 31.7 Å². The molecule has 2 N–H and O–H groups in total. The Bertz CT molecular complexity index is 731. The molecule has 5 heteroatoms. The van der Waals surface area contributed by atoms with E-state index in [1.54, 1.807) is 0 Å². The average Bonchev–Trinajstić information content (AvgIpc) is 3.05. The summed E-state index contributed by atoms with van der Waals surface area (Å²) in [7, 11) is 0. The van der Waals surface area contributed by atoms with E-state index in [9.17, 15) is 9.59 Å². The number of urea groups is 1. The first-order chi connectivity index (χ1) is 12.2. The molecule has 3 rings (SSSR count). The van der Waals surface area contributed by atoms with Crippen LogP contribution in [0.1, 0.15) is 19.3 Å². The van der Waals surface area contributed by atoms with E-state index in [1.165, 1.54) is 0 Å². The molecule has 1 saturated heterocycles. The third kappa shape index (κ3) is 4.83. The molecule has 0 atom stereocenters. The first-order valence-electron chi connectivity index (χ1n) is 8.70. The predicted molar refractivity (Wildman–Crippen MR) is 99.3 cm³/mol. The van der Waals surface area contributed by atoms with E-state index in [1.807, 2.05) is 59.5 Å². The highest BCUT2D eigenvalue weighted by molar-refractivity contribution is 5.90. The molecular formula is C20H23N3O2. The van der Waals surface area contributed by atoms with Gasteiger partial charge in [-0.2, -0.15) is 0 Å². The number of amides is 3. The van der Waals surface area contributed by atoms with Crippen molar-refractivity contribution in [3.63, 3.8) is 0 Å². The van der Waals surface area contributed by atoms with Gasteiger partial charge in [0.1, 0.15) is 0 Å². The first kappa shape index (κ1) is 17.0. The molecular weight excluding hydrogens is 314 g/mol. The molecule has 0 aromatic heterocycles. The molecule has 5 nitrogen and oxygen atoms in total. The van der Waals surface area contributed by atoms with Gasteiger partial charge in [-0.1, -0.05) is 42.5 Å². The number of nitrogens with one attached hydrogen (secondary N) is 2. The lowest BCUT2D eigenvalue weighted by molar-refractivity contribution is -0.127. The average molecular weight is 337 g/mol. The number of hydrogen-bond donors (Lipinski definition) is 2. The summed E-state index contributed by atoms with van der Waals surface area (Å²) in [5.74, 6) is 0.224. The molecule has 0 aliphatic carbocycles. The highest BCUT2D eigenvalue weighted by Gasteiger charge is 2.18. The Kier molecular flexibility index (Phi) is 5.67. The first-order valence-corrected chi connectivity index (χ1v) is 8.70. The number of nitrogens with zero attached hydrogens (tertiary/aromatic N) is 1. The van der Waals surface area contributed by atoms with E-state index >= 15 is 0 Å². The van der Waals surface area contributed by atoms with Gasteiger partial charge in [0.15, 0.2) is 0 Å². The van der Waals surface area contributed by atoms with Crippen LogP contribution in [-0.4, -0.2) is 36.5 Å². The zero-order valence-corrected chi connectivity index (χ0v) is 14.2. The minimum Gasteiger partial charge on any atom is -0.343 e. The minimum atomic E-state index is -0.224. The number of likely N-dealkylation sites (tertiary alicyclic amines) is 1. The van der Waals surface area contributed by atoms with Gasteiger partial charge >= 0.3 is 6.03 Å². The lowest BCUT2D eigenvalue weighted by atomic mass is 10.1. The zero-order valence-electron chi connectivity index (χ0n) is 14.2. The Hall–Kier alpha value is -2.82. The summed E-state index contributed by atoms with van der Waals surface area (Å²) in [6, 6.07) is 17.6. The van der Waals surface area contributed by atoms with Gasteiger partial charge < -0.3 is 15.5 Å². The van der Waals surface area contributed by atoms with Gasteiger partial charge in [-0.25, -0.2) is 4.79 Å². The fourth-order valence-electron chi connectivity index (χ4n) is 2.99. The number of carbonyl (C=O) groups excluding carboxylic acids is 2. The lowest BCUT2D eigenvalue weighted by Crippen LogP contribution is -2.33. The van der Waals surface area contributed by atoms with Crippen molar-refractivity contribution in [2.45, 2.75) is 19.3 Å². The number of rotatable bonds is 6. The van der Waals surface area contributed by atoms with E-state index in [2.05, 4.69) is 10.6 Å². The van der Waals surface area contributed by atoms with Crippen LogP contribution in [-0.2, 0) is 4.79 Å². The summed E-state index contributed by atoms with van der Waals surface area (Å²) < 4.78 is 0. The van der Waals surface area contributed by atoms with Crippen molar-refractivity contribution in [3.8, 4) is 11.1 Å². The van der Waals surface area contributed by atoms with Crippen molar-refractivity contribution >= 4 is 17.6 Å². The molecule has 0 saturated carbocycles. The van der Waals surface area contributed by atoms with Crippen molar-refractivity contribution in [3.05, 3.63) is 54.6 Å². The third-order valence-electron chi connectivity index (χ3n) is 4.29. The van der Waals surface area contributed by atoms with Gasteiger partial charge in [0.05, 0.1) is 0 Å². The molecule has 130 valence electrons. The normalized spacial score (nSPS) is 13.8. The molecule has 0 spiro atoms. The SMILES string of the molecule is O=C(NCCCN1CCCC1=O)Nc1cccc(-c2ccccc2)c1. The Morgan fingerprint density at radius 1 is 1.04 bits per heavy atom. The van der Waals surface area contributed by atoms with Crippen molar-refractivity contribution in [1.29, 1.82) is 0 Å². The standard InChI is InChI=1S/C20H23N3O2/c24-19-11-5-13-23(19)14-6-12-21-20(25)22-18-10-4-9-17(15-18)16-7-2-1-3-8-16/h1-4,7-10,15H,5-6,11-14H2,(H2,21,22,25). The van der Waals surface area contributed by atoms with Crippen molar-refractivity contribution in [2.75, 3.05) is 25.0 Å². The number of anilines is 1. The van der Waals surface area contributed by atoms with Crippen LogP contribution in [0.2, 0.25) is 0 Å². The van der Waals surface area contributed by atoms with E-state index in [4.69, 9.17) is 0 Å². The van der Waals surface area contributed by atoms with E-state index in [0.717, 1.165) is 36.2 Å². The molecule has 0 radical (unpaired) electrons. The zero-order chi connectivity index (χ0) is 17.5. The van der Waals surface area contributed by atoms with E-state index in [-0.39, 0.29) is 11.9 Å². The van der Waals surface area contributed by atoms with E-state index in [0.29, 0.717) is 19.5 Å². The maximum Gasteiger partial charge on any atom is 0.319 e. The van der Waals surface area contributed by atoms with Crippen LogP contribution in [0.5, 0.6) is 0 Å². The van der Waals surface area contributed by atoms with Crippen molar-refractivity contribution in [2.24, 2.45) is 0 Å². The van der Waals surface area contributed by atoms with Crippen LogP contribution in [0.3, 0.4) is 0 Å². The largest absolute Gasteiger partial charge is 0.343 e. The van der Waals surface area contributed by atoms with E-state index < -0.39 is 0 Å². The topological polar surface area (TPSA) is 61.4 Å². The van der Waals surface area contributed by atoms with Crippen LogP contribution in [0.25, 0.3) is 11.1 Å². The molecule has 2 aromatic carbocycles. The van der Waals surface area contributed by atoms with Crippen molar-refractivity contribution in [1.82, 2.24) is 10.2 Å². The summed E-state index contributed by atoms with van der Waals surface area (Å²) >= 11 is 0. The smallest absolute Gasteiger partial charge is 0.319 e.